The van der Waals surface area contributed by atoms with Crippen molar-refractivity contribution in [2.24, 2.45) is 5.41 Å². The minimum atomic E-state index is -0.975. The van der Waals surface area contributed by atoms with Crippen LogP contribution in [0.1, 0.15) is 51.3 Å². The molecule has 1 heterocycles. The number of pyridine rings is 1. The maximum atomic E-state index is 13.2. The van der Waals surface area contributed by atoms with Crippen LogP contribution in [0.2, 0.25) is 0 Å². The van der Waals surface area contributed by atoms with Crippen LogP contribution in [0, 0.1) is 29.4 Å². The lowest BCUT2D eigenvalue weighted by Gasteiger charge is -2.28. The van der Waals surface area contributed by atoms with Crippen molar-refractivity contribution in [2.45, 2.75) is 54.0 Å². The Labute approximate surface area is 170 Å². The largest absolute Gasteiger partial charge is 0.464 e. The van der Waals surface area contributed by atoms with E-state index in [-0.39, 0.29) is 12.0 Å². The van der Waals surface area contributed by atoms with Crippen LogP contribution in [0.3, 0.4) is 0 Å². The highest BCUT2D eigenvalue weighted by Crippen LogP contribution is 2.33. The van der Waals surface area contributed by atoms with Crippen molar-refractivity contribution in [3.05, 3.63) is 61.9 Å². The van der Waals surface area contributed by atoms with Crippen LogP contribution in [0.25, 0.3) is 11.3 Å². The van der Waals surface area contributed by atoms with Crippen LogP contribution in [0.4, 0.5) is 5.69 Å². The Morgan fingerprint density at radius 3 is 2.28 bits per heavy atom. The minimum Gasteiger partial charge on any atom is -0.464 e. The van der Waals surface area contributed by atoms with Crippen molar-refractivity contribution >= 4 is 11.7 Å². The third-order valence-electron chi connectivity index (χ3n) is 4.60. The van der Waals surface area contributed by atoms with Gasteiger partial charge in [0.25, 0.3) is 0 Å². The molecule has 7 nitrogen and oxygen atoms in total. The van der Waals surface area contributed by atoms with Gasteiger partial charge in [-0.05, 0) is 43.7 Å². The number of hydrogen-bond acceptors (Lipinski definition) is 5. The summed E-state index contributed by atoms with van der Waals surface area (Å²) >= 11 is 0. The van der Waals surface area contributed by atoms with Gasteiger partial charge in [0.05, 0.1) is 17.2 Å². The van der Waals surface area contributed by atoms with Gasteiger partial charge in [-0.25, -0.2) is 4.79 Å². The van der Waals surface area contributed by atoms with Crippen molar-refractivity contribution in [2.75, 3.05) is 6.61 Å². The van der Waals surface area contributed by atoms with Gasteiger partial charge in [-0.3, -0.25) is 19.5 Å². The van der Waals surface area contributed by atoms with E-state index < -0.39 is 28.2 Å². The smallest absolute Gasteiger partial charge is 0.334 e. The molecule has 1 unspecified atom stereocenters. The third-order valence-corrected chi connectivity index (χ3v) is 4.60. The molecule has 0 N–H and O–H groups in total. The quantitative estimate of drug-likeness (QED) is 0.402. The zero-order valence-corrected chi connectivity index (χ0v) is 17.8. The average Bonchev–Trinajstić information content (AvgIpc) is 2.61. The summed E-state index contributed by atoms with van der Waals surface area (Å²) in [5, 5.41) is 11.5. The zero-order chi connectivity index (χ0) is 21.9. The Hall–Kier alpha value is -2.96. The number of nitro groups is 1. The molecule has 1 aromatic heterocycles. The number of carbonyl (C=O) groups excluding carboxylic acids is 1. The van der Waals surface area contributed by atoms with Crippen molar-refractivity contribution in [3.8, 4) is 11.3 Å². The fourth-order valence-electron chi connectivity index (χ4n) is 3.36. The molecule has 0 fully saturated rings. The molecule has 0 spiro atoms. The maximum Gasteiger partial charge on any atom is 0.334 e. The van der Waals surface area contributed by atoms with Gasteiger partial charge < -0.3 is 4.74 Å². The molecule has 0 bridgehead atoms. The highest BCUT2D eigenvalue weighted by Gasteiger charge is 2.33. The lowest BCUT2D eigenvalue weighted by molar-refractivity contribution is -0.386. The first kappa shape index (κ1) is 22.3. The lowest BCUT2D eigenvalue weighted by Crippen LogP contribution is -2.36. The Bertz CT molecular complexity index is 968. The average molecular weight is 400 g/mol. The second-order valence-corrected chi connectivity index (χ2v) is 8.39. The van der Waals surface area contributed by atoms with Crippen molar-refractivity contribution in [3.63, 3.8) is 0 Å². The number of carbonyl (C=O) groups is 1. The number of esters is 1. The summed E-state index contributed by atoms with van der Waals surface area (Å²) in [6.07, 6.45) is 0.297. The molecule has 2 aromatic rings. The molecule has 1 atom stereocenters. The molecule has 0 amide bonds. The topological polar surface area (TPSA) is 91.4 Å². The highest BCUT2D eigenvalue weighted by molar-refractivity contribution is 5.77. The normalized spacial score (nSPS) is 12.5. The number of aryl methyl sites for hydroxylation is 2. The first-order valence-electron chi connectivity index (χ1n) is 9.60. The molecule has 0 aliphatic rings. The molecule has 7 heteroatoms. The van der Waals surface area contributed by atoms with E-state index in [1.54, 1.807) is 13.8 Å². The molecule has 0 radical (unpaired) electrons. The predicted molar refractivity (Wildman–Crippen MR) is 112 cm³/mol. The summed E-state index contributed by atoms with van der Waals surface area (Å²) in [5.74, 6) is -0.571. The number of nitrogens with zero attached hydrogens (tertiary/aromatic N) is 2. The van der Waals surface area contributed by atoms with Gasteiger partial charge in [-0.1, -0.05) is 50.6 Å². The SMILES string of the molecule is CCOC(=O)C(CC(C)(C)C)n1c(-c2ccc(C)cc2)c(C)cc([N+](=O)[O-])c1=O. The van der Waals surface area contributed by atoms with E-state index in [9.17, 15) is 19.7 Å². The number of rotatable bonds is 6. The molecule has 0 saturated heterocycles. The molecule has 0 saturated carbocycles. The summed E-state index contributed by atoms with van der Waals surface area (Å²) in [7, 11) is 0. The standard InChI is InChI=1S/C22H28N2O5/c1-7-29-21(26)18(13-22(4,5)6)23-19(16-10-8-14(2)9-11-16)15(3)12-17(20(23)25)24(27)28/h8-12,18H,7,13H2,1-6H3. The summed E-state index contributed by atoms with van der Waals surface area (Å²) < 4.78 is 6.49. The molecule has 0 aliphatic carbocycles. The van der Waals surface area contributed by atoms with E-state index in [4.69, 9.17) is 4.74 Å². The molecular weight excluding hydrogens is 372 g/mol. The van der Waals surface area contributed by atoms with Gasteiger partial charge >= 0.3 is 17.2 Å². The van der Waals surface area contributed by atoms with Crippen LogP contribution in [-0.2, 0) is 9.53 Å². The fourth-order valence-corrected chi connectivity index (χ4v) is 3.36. The minimum absolute atomic E-state index is 0.155. The Morgan fingerprint density at radius 1 is 1.21 bits per heavy atom. The van der Waals surface area contributed by atoms with Gasteiger partial charge in [0, 0.05) is 6.07 Å². The number of benzene rings is 1. The van der Waals surface area contributed by atoms with Crippen LogP contribution in [-0.4, -0.2) is 22.1 Å². The molecule has 29 heavy (non-hydrogen) atoms. The molecule has 1 aromatic carbocycles. The monoisotopic (exact) mass is 400 g/mol. The van der Waals surface area contributed by atoms with Crippen molar-refractivity contribution in [1.29, 1.82) is 0 Å². The van der Waals surface area contributed by atoms with Gasteiger partial charge in [-0.15, -0.1) is 0 Å². The fraction of sp³-hybridized carbons (Fsp3) is 0.455. The molecule has 0 aliphatic heterocycles. The number of ether oxygens (including phenoxy) is 1. The highest BCUT2D eigenvalue weighted by atomic mass is 16.6. The Morgan fingerprint density at radius 2 is 1.79 bits per heavy atom. The van der Waals surface area contributed by atoms with Gasteiger partial charge in [0.15, 0.2) is 0 Å². The molecular formula is C22H28N2O5. The van der Waals surface area contributed by atoms with Crippen molar-refractivity contribution < 1.29 is 14.5 Å². The van der Waals surface area contributed by atoms with E-state index in [0.29, 0.717) is 23.2 Å². The first-order valence-corrected chi connectivity index (χ1v) is 9.60. The maximum absolute atomic E-state index is 13.2. The van der Waals surface area contributed by atoms with E-state index in [1.807, 2.05) is 52.0 Å². The number of hydrogen-bond donors (Lipinski definition) is 0. The number of aromatic nitrogens is 1. The van der Waals surface area contributed by atoms with Crippen LogP contribution < -0.4 is 5.56 Å². The second kappa shape index (κ2) is 8.59. The van der Waals surface area contributed by atoms with Crippen LogP contribution in [0.5, 0.6) is 0 Å². The summed E-state index contributed by atoms with van der Waals surface area (Å²) in [4.78, 5) is 36.8. The zero-order valence-electron chi connectivity index (χ0n) is 17.8. The van der Waals surface area contributed by atoms with Gasteiger partial charge in [0.2, 0.25) is 0 Å². The predicted octanol–water partition coefficient (Wildman–Crippen LogP) is 4.58. The Balaban J connectivity index is 2.89. The summed E-state index contributed by atoms with van der Waals surface area (Å²) in [5.41, 5.74) is 1.10. The summed E-state index contributed by atoms with van der Waals surface area (Å²) in [6, 6.07) is 7.78. The van der Waals surface area contributed by atoms with Gasteiger partial charge in [0.1, 0.15) is 6.04 Å². The van der Waals surface area contributed by atoms with Crippen LogP contribution in [0.15, 0.2) is 35.1 Å². The summed E-state index contributed by atoms with van der Waals surface area (Å²) in [6.45, 7) is 11.3. The molecule has 2 rings (SSSR count). The lowest BCUT2D eigenvalue weighted by atomic mass is 9.87. The van der Waals surface area contributed by atoms with Crippen LogP contribution >= 0.6 is 0 Å². The van der Waals surface area contributed by atoms with Crippen molar-refractivity contribution in [1.82, 2.24) is 4.57 Å². The first-order chi connectivity index (χ1) is 13.5. The van der Waals surface area contributed by atoms with E-state index in [2.05, 4.69) is 0 Å². The van der Waals surface area contributed by atoms with E-state index >= 15 is 0 Å². The third kappa shape index (κ3) is 5.10. The second-order valence-electron chi connectivity index (χ2n) is 8.39. The Kier molecular flexibility index (Phi) is 6.62. The van der Waals surface area contributed by atoms with Gasteiger partial charge in [-0.2, -0.15) is 0 Å². The van der Waals surface area contributed by atoms with E-state index in [1.165, 1.54) is 10.6 Å². The molecule has 156 valence electrons. The van der Waals surface area contributed by atoms with E-state index in [0.717, 1.165) is 5.56 Å².